The van der Waals surface area contributed by atoms with Crippen LogP contribution in [-0.4, -0.2) is 53.4 Å². The van der Waals surface area contributed by atoms with Crippen LogP contribution in [0.15, 0.2) is 60.8 Å². The number of carbonyl (C=O) groups is 2. The fourth-order valence-corrected chi connectivity index (χ4v) is 3.94. The Kier molecular flexibility index (Phi) is 4.69. The maximum atomic E-state index is 13.0. The van der Waals surface area contributed by atoms with E-state index in [0.29, 0.717) is 43.1 Å². The zero-order valence-electron chi connectivity index (χ0n) is 16.2. The van der Waals surface area contributed by atoms with Crippen LogP contribution in [0.4, 0.5) is 0 Å². The fraction of sp³-hybridized carbons (Fsp3) is 0.167. The van der Waals surface area contributed by atoms with Crippen molar-refractivity contribution in [3.8, 4) is 11.1 Å². The Balaban J connectivity index is 1.71. The highest BCUT2D eigenvalue weighted by Crippen LogP contribution is 2.33. The van der Waals surface area contributed by atoms with Gasteiger partial charge < -0.3 is 9.64 Å². The van der Waals surface area contributed by atoms with Gasteiger partial charge in [-0.1, -0.05) is 18.2 Å². The van der Waals surface area contributed by atoms with Gasteiger partial charge in [-0.25, -0.2) is 4.98 Å². The predicted molar refractivity (Wildman–Crippen MR) is 115 cm³/mol. The number of amides is 1. The molecule has 6 heteroatoms. The first-order valence-electron chi connectivity index (χ1n) is 9.86. The van der Waals surface area contributed by atoms with Gasteiger partial charge in [0.1, 0.15) is 5.69 Å². The minimum absolute atomic E-state index is 0.0230. The molecule has 4 aromatic rings. The SMILES string of the molecule is O=Cc1cc(-c2ccnc3ccccc23)c2cc(C(=O)N3CCOCC3)ccc2n1. The molecular weight excluding hydrogens is 378 g/mol. The molecule has 0 spiro atoms. The highest BCUT2D eigenvalue weighted by atomic mass is 16.5. The van der Waals surface area contributed by atoms with E-state index in [1.165, 1.54) is 0 Å². The Morgan fingerprint density at radius 3 is 2.60 bits per heavy atom. The molecule has 0 bridgehead atoms. The highest BCUT2D eigenvalue weighted by molar-refractivity contribution is 6.07. The number of hydrogen-bond donors (Lipinski definition) is 0. The van der Waals surface area contributed by atoms with Crippen LogP contribution in [0.25, 0.3) is 32.9 Å². The first-order chi connectivity index (χ1) is 14.7. The fourth-order valence-electron chi connectivity index (χ4n) is 3.94. The lowest BCUT2D eigenvalue weighted by Gasteiger charge is -2.27. The molecule has 1 fully saturated rings. The zero-order chi connectivity index (χ0) is 20.5. The van der Waals surface area contributed by atoms with Crippen LogP contribution in [0, 0.1) is 0 Å². The average Bonchev–Trinajstić information content (AvgIpc) is 2.82. The molecule has 3 heterocycles. The molecule has 0 N–H and O–H groups in total. The monoisotopic (exact) mass is 397 g/mol. The van der Waals surface area contributed by atoms with E-state index in [4.69, 9.17) is 4.74 Å². The number of rotatable bonds is 3. The molecule has 1 aliphatic heterocycles. The second-order valence-electron chi connectivity index (χ2n) is 7.22. The van der Waals surface area contributed by atoms with Crippen molar-refractivity contribution in [3.63, 3.8) is 0 Å². The van der Waals surface area contributed by atoms with Crippen LogP contribution in [0.5, 0.6) is 0 Å². The van der Waals surface area contributed by atoms with Crippen LogP contribution in [0.3, 0.4) is 0 Å². The van der Waals surface area contributed by atoms with Gasteiger partial charge in [0.05, 0.1) is 24.2 Å². The smallest absolute Gasteiger partial charge is 0.254 e. The summed E-state index contributed by atoms with van der Waals surface area (Å²) >= 11 is 0. The number of aromatic nitrogens is 2. The number of pyridine rings is 2. The number of fused-ring (bicyclic) bond motifs is 2. The molecule has 148 valence electrons. The first-order valence-corrected chi connectivity index (χ1v) is 9.86. The molecule has 6 nitrogen and oxygen atoms in total. The van der Waals surface area contributed by atoms with E-state index >= 15 is 0 Å². The molecule has 2 aromatic heterocycles. The van der Waals surface area contributed by atoms with E-state index in [2.05, 4.69) is 9.97 Å². The van der Waals surface area contributed by atoms with E-state index in [0.717, 1.165) is 33.7 Å². The third-order valence-electron chi connectivity index (χ3n) is 5.43. The van der Waals surface area contributed by atoms with E-state index in [-0.39, 0.29) is 5.91 Å². The highest BCUT2D eigenvalue weighted by Gasteiger charge is 2.20. The topological polar surface area (TPSA) is 72.4 Å². The molecule has 1 saturated heterocycles. The molecule has 5 rings (SSSR count). The molecule has 2 aromatic carbocycles. The van der Waals surface area contributed by atoms with Gasteiger partial charge >= 0.3 is 0 Å². The number of carbonyl (C=O) groups excluding carboxylic acids is 2. The van der Waals surface area contributed by atoms with E-state index in [9.17, 15) is 9.59 Å². The second-order valence-corrected chi connectivity index (χ2v) is 7.22. The Morgan fingerprint density at radius 1 is 0.933 bits per heavy atom. The molecule has 0 aliphatic carbocycles. The van der Waals surface area contributed by atoms with Crippen molar-refractivity contribution in [1.29, 1.82) is 0 Å². The summed E-state index contributed by atoms with van der Waals surface area (Å²) in [5.74, 6) is -0.0230. The second kappa shape index (κ2) is 7.65. The number of aldehydes is 1. The quantitative estimate of drug-likeness (QED) is 0.493. The number of benzene rings is 2. The summed E-state index contributed by atoms with van der Waals surface area (Å²) in [6, 6.07) is 17.0. The average molecular weight is 397 g/mol. The zero-order valence-corrected chi connectivity index (χ0v) is 16.2. The Morgan fingerprint density at radius 2 is 1.77 bits per heavy atom. The van der Waals surface area contributed by atoms with Crippen molar-refractivity contribution in [2.75, 3.05) is 26.3 Å². The molecule has 0 unspecified atom stereocenters. The summed E-state index contributed by atoms with van der Waals surface area (Å²) in [4.78, 5) is 35.2. The summed E-state index contributed by atoms with van der Waals surface area (Å²) < 4.78 is 5.36. The number of nitrogens with zero attached hydrogens (tertiary/aromatic N) is 3. The van der Waals surface area contributed by atoms with Crippen molar-refractivity contribution in [3.05, 3.63) is 72.1 Å². The molecule has 1 amide bonds. The Hall–Kier alpha value is -3.64. The summed E-state index contributed by atoms with van der Waals surface area (Å²) in [7, 11) is 0. The summed E-state index contributed by atoms with van der Waals surface area (Å²) in [6.45, 7) is 2.28. The number of morpholine rings is 1. The van der Waals surface area contributed by atoms with Crippen molar-refractivity contribution < 1.29 is 14.3 Å². The first kappa shape index (κ1) is 18.4. The van der Waals surface area contributed by atoms with E-state index < -0.39 is 0 Å². The van der Waals surface area contributed by atoms with Gasteiger partial charge in [0.15, 0.2) is 6.29 Å². The van der Waals surface area contributed by atoms with Crippen molar-refractivity contribution in [2.45, 2.75) is 0 Å². The minimum Gasteiger partial charge on any atom is -0.378 e. The van der Waals surface area contributed by atoms with Gasteiger partial charge in [0.2, 0.25) is 0 Å². The summed E-state index contributed by atoms with van der Waals surface area (Å²) in [6.07, 6.45) is 2.51. The lowest BCUT2D eigenvalue weighted by atomic mass is 9.96. The van der Waals surface area contributed by atoms with Gasteiger partial charge in [-0.15, -0.1) is 0 Å². The molecule has 1 aliphatic rings. The van der Waals surface area contributed by atoms with E-state index in [1.54, 1.807) is 23.2 Å². The van der Waals surface area contributed by atoms with Gasteiger partial charge in [0, 0.05) is 35.6 Å². The standard InChI is InChI=1S/C24H19N3O3/c28-15-17-14-20(18-7-8-25-22-4-2-1-3-19(18)22)21-13-16(5-6-23(21)26-17)24(29)27-9-11-30-12-10-27/h1-8,13-15H,9-12H2. The van der Waals surface area contributed by atoms with Gasteiger partial charge in [-0.2, -0.15) is 0 Å². The third-order valence-corrected chi connectivity index (χ3v) is 5.43. The lowest BCUT2D eigenvalue weighted by molar-refractivity contribution is 0.0303. The van der Waals surface area contributed by atoms with Crippen LogP contribution in [0.2, 0.25) is 0 Å². The van der Waals surface area contributed by atoms with Gasteiger partial charge in [0.25, 0.3) is 5.91 Å². The van der Waals surface area contributed by atoms with Crippen LogP contribution in [-0.2, 0) is 4.74 Å². The lowest BCUT2D eigenvalue weighted by Crippen LogP contribution is -2.40. The van der Waals surface area contributed by atoms with Gasteiger partial charge in [-0.05, 0) is 47.5 Å². The van der Waals surface area contributed by atoms with Gasteiger partial charge in [-0.3, -0.25) is 14.6 Å². The van der Waals surface area contributed by atoms with Crippen LogP contribution >= 0.6 is 0 Å². The molecule has 30 heavy (non-hydrogen) atoms. The molecule has 0 saturated carbocycles. The summed E-state index contributed by atoms with van der Waals surface area (Å²) in [5, 5.41) is 1.81. The number of ether oxygens (including phenoxy) is 1. The number of hydrogen-bond acceptors (Lipinski definition) is 5. The van der Waals surface area contributed by atoms with Crippen LogP contribution < -0.4 is 0 Å². The minimum atomic E-state index is -0.0230. The summed E-state index contributed by atoms with van der Waals surface area (Å²) in [5.41, 5.74) is 4.31. The largest absolute Gasteiger partial charge is 0.378 e. The predicted octanol–water partition coefficient (Wildman–Crippen LogP) is 3.73. The number of para-hydroxylation sites is 1. The normalized spacial score (nSPS) is 14.2. The van der Waals surface area contributed by atoms with Crippen molar-refractivity contribution >= 4 is 34.0 Å². The molecular formula is C24H19N3O3. The Bertz CT molecular complexity index is 1270. The van der Waals surface area contributed by atoms with Crippen LogP contribution in [0.1, 0.15) is 20.8 Å². The van der Waals surface area contributed by atoms with Crippen molar-refractivity contribution in [1.82, 2.24) is 14.9 Å². The van der Waals surface area contributed by atoms with E-state index in [1.807, 2.05) is 42.5 Å². The third kappa shape index (κ3) is 3.21. The Labute approximate surface area is 173 Å². The maximum absolute atomic E-state index is 13.0. The molecule has 0 atom stereocenters. The maximum Gasteiger partial charge on any atom is 0.254 e. The van der Waals surface area contributed by atoms with Crippen molar-refractivity contribution in [2.24, 2.45) is 0 Å². The molecule has 0 radical (unpaired) electrons.